The zero-order valence-corrected chi connectivity index (χ0v) is 9.89. The predicted molar refractivity (Wildman–Crippen MR) is 59.6 cm³/mol. The summed E-state index contributed by atoms with van der Waals surface area (Å²) in [6.07, 6.45) is 5.81. The SMILES string of the molecule is CCCC1CCCCN1C(=O)C(C)Cl. The molecule has 0 aromatic rings. The molecule has 0 aromatic carbocycles. The van der Waals surface area contributed by atoms with Gasteiger partial charge < -0.3 is 4.90 Å². The van der Waals surface area contributed by atoms with E-state index in [9.17, 15) is 4.79 Å². The lowest BCUT2D eigenvalue weighted by Gasteiger charge is -2.36. The fourth-order valence-corrected chi connectivity index (χ4v) is 2.28. The van der Waals surface area contributed by atoms with Crippen molar-refractivity contribution in [3.05, 3.63) is 0 Å². The molecule has 0 bridgehead atoms. The Hall–Kier alpha value is -0.240. The van der Waals surface area contributed by atoms with E-state index in [0.29, 0.717) is 6.04 Å². The molecule has 0 radical (unpaired) electrons. The molecule has 2 unspecified atom stereocenters. The van der Waals surface area contributed by atoms with E-state index in [4.69, 9.17) is 11.6 Å². The molecule has 0 N–H and O–H groups in total. The highest BCUT2D eigenvalue weighted by molar-refractivity contribution is 6.30. The quantitative estimate of drug-likeness (QED) is 0.666. The van der Waals surface area contributed by atoms with E-state index in [2.05, 4.69) is 6.92 Å². The van der Waals surface area contributed by atoms with Crippen LogP contribution in [0.15, 0.2) is 0 Å². The Morgan fingerprint density at radius 1 is 1.57 bits per heavy atom. The van der Waals surface area contributed by atoms with E-state index in [-0.39, 0.29) is 11.3 Å². The Morgan fingerprint density at radius 2 is 2.29 bits per heavy atom. The Balaban J connectivity index is 2.57. The van der Waals surface area contributed by atoms with Crippen LogP contribution in [0.3, 0.4) is 0 Å². The average Bonchev–Trinajstić information content (AvgIpc) is 2.18. The maximum Gasteiger partial charge on any atom is 0.240 e. The van der Waals surface area contributed by atoms with Gasteiger partial charge in [-0.15, -0.1) is 11.6 Å². The van der Waals surface area contributed by atoms with Crippen LogP contribution in [0.1, 0.15) is 46.0 Å². The Morgan fingerprint density at radius 3 is 2.86 bits per heavy atom. The molecule has 1 heterocycles. The van der Waals surface area contributed by atoms with Gasteiger partial charge in [-0.2, -0.15) is 0 Å². The van der Waals surface area contributed by atoms with Gasteiger partial charge in [0, 0.05) is 12.6 Å². The van der Waals surface area contributed by atoms with Gasteiger partial charge in [-0.3, -0.25) is 4.79 Å². The first-order chi connectivity index (χ1) is 6.66. The van der Waals surface area contributed by atoms with Gasteiger partial charge >= 0.3 is 0 Å². The average molecular weight is 218 g/mol. The highest BCUT2D eigenvalue weighted by Crippen LogP contribution is 2.22. The van der Waals surface area contributed by atoms with E-state index in [0.717, 1.165) is 32.2 Å². The van der Waals surface area contributed by atoms with Crippen molar-refractivity contribution >= 4 is 17.5 Å². The van der Waals surface area contributed by atoms with Crippen molar-refractivity contribution in [1.82, 2.24) is 4.90 Å². The molecule has 1 aliphatic heterocycles. The van der Waals surface area contributed by atoms with Gasteiger partial charge in [0.25, 0.3) is 0 Å². The number of rotatable bonds is 3. The summed E-state index contributed by atoms with van der Waals surface area (Å²) in [5.41, 5.74) is 0. The summed E-state index contributed by atoms with van der Waals surface area (Å²) >= 11 is 5.84. The minimum atomic E-state index is -0.368. The van der Waals surface area contributed by atoms with Gasteiger partial charge in [0.2, 0.25) is 5.91 Å². The monoisotopic (exact) mass is 217 g/mol. The molecule has 1 aliphatic rings. The molecule has 0 saturated carbocycles. The molecule has 1 saturated heterocycles. The van der Waals surface area contributed by atoms with Gasteiger partial charge in [0.15, 0.2) is 0 Å². The van der Waals surface area contributed by atoms with Crippen molar-refractivity contribution in [2.45, 2.75) is 57.4 Å². The molecule has 1 amide bonds. The molecular formula is C11H20ClNO. The third kappa shape index (κ3) is 2.88. The van der Waals surface area contributed by atoms with Crippen LogP contribution in [0.25, 0.3) is 0 Å². The maximum absolute atomic E-state index is 11.8. The number of carbonyl (C=O) groups is 1. The van der Waals surface area contributed by atoms with Crippen LogP contribution in [0.2, 0.25) is 0 Å². The van der Waals surface area contributed by atoms with E-state index in [1.165, 1.54) is 6.42 Å². The number of alkyl halides is 1. The minimum absolute atomic E-state index is 0.116. The number of nitrogens with zero attached hydrogens (tertiary/aromatic N) is 1. The van der Waals surface area contributed by atoms with Crippen molar-refractivity contribution in [2.75, 3.05) is 6.54 Å². The number of likely N-dealkylation sites (tertiary alicyclic amines) is 1. The van der Waals surface area contributed by atoms with Crippen molar-refractivity contribution in [3.63, 3.8) is 0 Å². The smallest absolute Gasteiger partial charge is 0.240 e. The molecule has 14 heavy (non-hydrogen) atoms. The fraction of sp³-hybridized carbons (Fsp3) is 0.909. The third-order valence-corrected chi connectivity index (χ3v) is 3.06. The van der Waals surface area contributed by atoms with Crippen LogP contribution >= 0.6 is 11.6 Å². The number of hydrogen-bond acceptors (Lipinski definition) is 1. The largest absolute Gasteiger partial charge is 0.338 e. The van der Waals surface area contributed by atoms with Crippen molar-refractivity contribution < 1.29 is 4.79 Å². The van der Waals surface area contributed by atoms with Gasteiger partial charge in [-0.05, 0) is 32.6 Å². The second kappa shape index (κ2) is 5.59. The second-order valence-electron chi connectivity index (χ2n) is 4.09. The molecule has 0 aromatic heterocycles. The van der Waals surface area contributed by atoms with Crippen molar-refractivity contribution in [3.8, 4) is 0 Å². The Kier molecular flexibility index (Phi) is 4.73. The van der Waals surface area contributed by atoms with Crippen LogP contribution in [-0.4, -0.2) is 28.8 Å². The summed E-state index contributed by atoms with van der Waals surface area (Å²) in [5.74, 6) is 0.116. The van der Waals surface area contributed by atoms with E-state index in [1.807, 2.05) is 4.90 Å². The lowest BCUT2D eigenvalue weighted by atomic mass is 9.98. The fourth-order valence-electron chi connectivity index (χ4n) is 2.15. The number of halogens is 1. The van der Waals surface area contributed by atoms with Gasteiger partial charge in [0.1, 0.15) is 5.38 Å². The summed E-state index contributed by atoms with van der Waals surface area (Å²) < 4.78 is 0. The lowest BCUT2D eigenvalue weighted by Crippen LogP contribution is -2.46. The zero-order valence-electron chi connectivity index (χ0n) is 9.13. The zero-order chi connectivity index (χ0) is 10.6. The molecule has 2 atom stereocenters. The molecule has 1 rings (SSSR count). The topological polar surface area (TPSA) is 20.3 Å². The van der Waals surface area contributed by atoms with Crippen molar-refractivity contribution in [1.29, 1.82) is 0 Å². The molecule has 3 heteroatoms. The van der Waals surface area contributed by atoms with E-state index < -0.39 is 0 Å². The first-order valence-corrected chi connectivity index (χ1v) is 6.05. The summed E-state index contributed by atoms with van der Waals surface area (Å²) in [4.78, 5) is 13.8. The maximum atomic E-state index is 11.8. The number of piperidine rings is 1. The standard InChI is InChI=1S/C11H20ClNO/c1-3-6-10-7-4-5-8-13(10)11(14)9(2)12/h9-10H,3-8H2,1-2H3. The molecule has 82 valence electrons. The van der Waals surface area contributed by atoms with Crippen LogP contribution in [-0.2, 0) is 4.79 Å². The van der Waals surface area contributed by atoms with E-state index in [1.54, 1.807) is 6.92 Å². The van der Waals surface area contributed by atoms with Gasteiger partial charge in [-0.1, -0.05) is 13.3 Å². The summed E-state index contributed by atoms with van der Waals surface area (Å²) in [6, 6.07) is 0.447. The number of amides is 1. The third-order valence-electron chi connectivity index (χ3n) is 2.87. The van der Waals surface area contributed by atoms with Gasteiger partial charge in [-0.25, -0.2) is 0 Å². The lowest BCUT2D eigenvalue weighted by molar-refractivity contribution is -0.134. The second-order valence-corrected chi connectivity index (χ2v) is 4.74. The molecular weight excluding hydrogens is 198 g/mol. The van der Waals surface area contributed by atoms with Crippen molar-refractivity contribution in [2.24, 2.45) is 0 Å². The van der Waals surface area contributed by atoms with E-state index >= 15 is 0 Å². The first-order valence-electron chi connectivity index (χ1n) is 5.61. The van der Waals surface area contributed by atoms with Crippen LogP contribution in [0.4, 0.5) is 0 Å². The predicted octanol–water partition coefficient (Wildman–Crippen LogP) is 2.79. The highest BCUT2D eigenvalue weighted by Gasteiger charge is 2.27. The minimum Gasteiger partial charge on any atom is -0.338 e. The van der Waals surface area contributed by atoms with Crippen LogP contribution < -0.4 is 0 Å². The summed E-state index contributed by atoms with van der Waals surface area (Å²) in [5, 5.41) is -0.368. The number of carbonyl (C=O) groups excluding carboxylic acids is 1. The highest BCUT2D eigenvalue weighted by atomic mass is 35.5. The Bertz CT molecular complexity index is 192. The summed E-state index contributed by atoms with van der Waals surface area (Å²) in [7, 11) is 0. The van der Waals surface area contributed by atoms with Gasteiger partial charge in [0.05, 0.1) is 0 Å². The Labute approximate surface area is 91.6 Å². The molecule has 1 fully saturated rings. The van der Waals surface area contributed by atoms with Crippen LogP contribution in [0, 0.1) is 0 Å². The van der Waals surface area contributed by atoms with Crippen LogP contribution in [0.5, 0.6) is 0 Å². The molecule has 0 spiro atoms. The number of hydrogen-bond donors (Lipinski definition) is 0. The first kappa shape index (κ1) is 11.8. The summed E-state index contributed by atoms with van der Waals surface area (Å²) in [6.45, 7) is 4.84. The molecule has 0 aliphatic carbocycles. The normalized spacial score (nSPS) is 24.8. The molecule has 2 nitrogen and oxygen atoms in total.